The third kappa shape index (κ3) is 2.99. The summed E-state index contributed by atoms with van der Waals surface area (Å²) in [4.78, 5) is 1.80. The van der Waals surface area contributed by atoms with Crippen molar-refractivity contribution in [2.24, 2.45) is 0 Å². The van der Waals surface area contributed by atoms with E-state index in [1.54, 1.807) is 11.0 Å². The van der Waals surface area contributed by atoms with Gasteiger partial charge in [-0.3, -0.25) is 0 Å². The fraction of sp³-hybridized carbons (Fsp3) is 0.462. The number of β-amino-alcohol motifs (C(OH)–C–C–N with tert-alkyl or cyclic N) is 1. The number of nitrogens with zero attached hydrogens (tertiary/aromatic N) is 2. The summed E-state index contributed by atoms with van der Waals surface area (Å²) >= 11 is 0. The van der Waals surface area contributed by atoms with E-state index in [-0.39, 0.29) is 5.56 Å². The van der Waals surface area contributed by atoms with E-state index in [0.717, 1.165) is 12.5 Å². The van der Waals surface area contributed by atoms with Crippen LogP contribution in [0.5, 0.6) is 0 Å². The molecule has 1 heterocycles. The minimum absolute atomic E-state index is 0.384. The van der Waals surface area contributed by atoms with Gasteiger partial charge >= 0.3 is 6.18 Å². The lowest BCUT2D eigenvalue weighted by Gasteiger charge is -2.32. The van der Waals surface area contributed by atoms with Gasteiger partial charge in [-0.05, 0) is 31.0 Å². The fourth-order valence-electron chi connectivity index (χ4n) is 2.26. The van der Waals surface area contributed by atoms with Crippen LogP contribution in [0.15, 0.2) is 18.2 Å². The lowest BCUT2D eigenvalue weighted by atomic mass is 10.0. The monoisotopic (exact) mass is 270 g/mol. The molecule has 0 aromatic heterocycles. The normalized spacial score (nSPS) is 20.2. The summed E-state index contributed by atoms with van der Waals surface area (Å²) in [6, 6.07) is 5.09. The van der Waals surface area contributed by atoms with Gasteiger partial charge in [0.05, 0.1) is 23.3 Å². The number of halogens is 3. The third-order valence-corrected chi connectivity index (χ3v) is 3.19. The van der Waals surface area contributed by atoms with Crippen molar-refractivity contribution in [3.8, 4) is 6.07 Å². The van der Waals surface area contributed by atoms with Gasteiger partial charge in [0.2, 0.25) is 0 Å². The lowest BCUT2D eigenvalue weighted by Crippen LogP contribution is -2.38. The van der Waals surface area contributed by atoms with Gasteiger partial charge in [-0.15, -0.1) is 0 Å². The van der Waals surface area contributed by atoms with Crippen LogP contribution < -0.4 is 4.90 Å². The van der Waals surface area contributed by atoms with E-state index in [1.807, 2.05) is 0 Å². The highest BCUT2D eigenvalue weighted by Gasteiger charge is 2.34. The van der Waals surface area contributed by atoms with Gasteiger partial charge in [-0.1, -0.05) is 0 Å². The Morgan fingerprint density at radius 3 is 2.68 bits per heavy atom. The number of rotatable bonds is 1. The summed E-state index contributed by atoms with van der Waals surface area (Å²) in [5, 5.41) is 18.4. The number of piperidine rings is 1. The molecule has 1 aromatic rings. The molecule has 0 aliphatic carbocycles. The molecule has 1 saturated heterocycles. The first-order valence-electron chi connectivity index (χ1n) is 5.96. The summed E-state index contributed by atoms with van der Waals surface area (Å²) in [6.45, 7) is 1.06. The maximum atomic E-state index is 12.7. The van der Waals surface area contributed by atoms with Gasteiger partial charge < -0.3 is 10.0 Å². The van der Waals surface area contributed by atoms with Crippen LogP contribution in [-0.4, -0.2) is 24.3 Å². The summed E-state index contributed by atoms with van der Waals surface area (Å²) in [6.07, 6.45) is -3.52. The van der Waals surface area contributed by atoms with Crippen LogP contribution in [0, 0.1) is 11.3 Å². The number of hydrogen-bond donors (Lipinski definition) is 1. The van der Waals surface area contributed by atoms with E-state index in [4.69, 9.17) is 5.26 Å². The predicted molar refractivity (Wildman–Crippen MR) is 63.6 cm³/mol. The molecule has 19 heavy (non-hydrogen) atoms. The molecule has 6 heteroatoms. The molecule has 0 amide bonds. The molecule has 0 bridgehead atoms. The van der Waals surface area contributed by atoms with E-state index in [9.17, 15) is 18.3 Å². The van der Waals surface area contributed by atoms with E-state index < -0.39 is 17.8 Å². The Morgan fingerprint density at radius 2 is 2.11 bits per heavy atom. The van der Waals surface area contributed by atoms with Crippen LogP contribution in [0.3, 0.4) is 0 Å². The Bertz CT molecular complexity index is 508. The van der Waals surface area contributed by atoms with Crippen LogP contribution in [-0.2, 0) is 6.18 Å². The maximum Gasteiger partial charge on any atom is 0.417 e. The first-order chi connectivity index (χ1) is 8.91. The second-order valence-corrected chi connectivity index (χ2v) is 4.58. The van der Waals surface area contributed by atoms with Gasteiger partial charge in [0.15, 0.2) is 0 Å². The van der Waals surface area contributed by atoms with E-state index in [1.165, 1.54) is 12.1 Å². The highest BCUT2D eigenvalue weighted by Crippen LogP contribution is 2.34. The van der Waals surface area contributed by atoms with Crippen molar-refractivity contribution in [1.29, 1.82) is 5.26 Å². The Kier molecular flexibility index (Phi) is 3.67. The van der Waals surface area contributed by atoms with Crippen LogP contribution in [0.2, 0.25) is 0 Å². The average molecular weight is 270 g/mol. The van der Waals surface area contributed by atoms with Crippen LogP contribution in [0.1, 0.15) is 24.0 Å². The van der Waals surface area contributed by atoms with Crippen molar-refractivity contribution in [1.82, 2.24) is 0 Å². The molecular formula is C13H13F3N2O. The minimum Gasteiger partial charge on any atom is -0.391 e. The van der Waals surface area contributed by atoms with Gasteiger partial charge in [0.25, 0.3) is 0 Å². The first-order valence-corrected chi connectivity index (χ1v) is 5.96. The number of anilines is 1. The fourth-order valence-corrected chi connectivity index (χ4v) is 2.26. The Balaban J connectivity index is 2.32. The molecule has 0 unspecified atom stereocenters. The Hall–Kier alpha value is -1.74. The topological polar surface area (TPSA) is 47.3 Å². The zero-order valence-corrected chi connectivity index (χ0v) is 10.1. The largest absolute Gasteiger partial charge is 0.417 e. The SMILES string of the molecule is N#Cc1cc(N2CCC[C@H](O)C2)ccc1C(F)(F)F. The van der Waals surface area contributed by atoms with Crippen molar-refractivity contribution < 1.29 is 18.3 Å². The van der Waals surface area contributed by atoms with Crippen molar-refractivity contribution >= 4 is 5.69 Å². The number of benzene rings is 1. The van der Waals surface area contributed by atoms with Crippen molar-refractivity contribution in [2.45, 2.75) is 25.1 Å². The number of hydrogen-bond acceptors (Lipinski definition) is 3. The van der Waals surface area contributed by atoms with Gasteiger partial charge in [-0.2, -0.15) is 18.4 Å². The van der Waals surface area contributed by atoms with E-state index >= 15 is 0 Å². The molecule has 1 N–H and O–H groups in total. The minimum atomic E-state index is -4.52. The summed E-state index contributed by atoms with van der Waals surface area (Å²) in [5.41, 5.74) is -0.760. The number of aliphatic hydroxyl groups is 1. The molecule has 1 atom stereocenters. The first kappa shape index (κ1) is 13.7. The van der Waals surface area contributed by atoms with Gasteiger partial charge in [-0.25, -0.2) is 0 Å². The molecule has 1 aromatic carbocycles. The lowest BCUT2D eigenvalue weighted by molar-refractivity contribution is -0.137. The summed E-state index contributed by atoms with van der Waals surface area (Å²) < 4.78 is 38.0. The van der Waals surface area contributed by atoms with Crippen LogP contribution >= 0.6 is 0 Å². The highest BCUT2D eigenvalue weighted by molar-refractivity contribution is 5.55. The second kappa shape index (κ2) is 5.10. The molecule has 2 rings (SSSR count). The van der Waals surface area contributed by atoms with Crippen molar-refractivity contribution in [3.05, 3.63) is 29.3 Å². The zero-order chi connectivity index (χ0) is 14.0. The number of aliphatic hydroxyl groups excluding tert-OH is 1. The molecule has 102 valence electrons. The average Bonchev–Trinajstić information content (AvgIpc) is 2.37. The maximum absolute atomic E-state index is 12.7. The molecular weight excluding hydrogens is 257 g/mol. The Morgan fingerprint density at radius 1 is 1.37 bits per heavy atom. The van der Waals surface area contributed by atoms with E-state index in [2.05, 4.69) is 0 Å². The molecule has 0 saturated carbocycles. The van der Waals surface area contributed by atoms with Crippen LogP contribution in [0.4, 0.5) is 18.9 Å². The molecule has 0 spiro atoms. The molecule has 1 aliphatic rings. The van der Waals surface area contributed by atoms with E-state index in [0.29, 0.717) is 25.2 Å². The molecule has 0 radical (unpaired) electrons. The quantitative estimate of drug-likeness (QED) is 0.853. The highest BCUT2D eigenvalue weighted by atomic mass is 19.4. The second-order valence-electron chi connectivity index (χ2n) is 4.58. The van der Waals surface area contributed by atoms with Gasteiger partial charge in [0.1, 0.15) is 0 Å². The third-order valence-electron chi connectivity index (χ3n) is 3.19. The molecule has 1 fully saturated rings. The number of nitriles is 1. The van der Waals surface area contributed by atoms with Crippen LogP contribution in [0.25, 0.3) is 0 Å². The molecule has 3 nitrogen and oxygen atoms in total. The summed E-state index contributed by atoms with van der Waals surface area (Å²) in [7, 11) is 0. The van der Waals surface area contributed by atoms with Crippen molar-refractivity contribution in [3.63, 3.8) is 0 Å². The smallest absolute Gasteiger partial charge is 0.391 e. The molecule has 1 aliphatic heterocycles. The standard InChI is InChI=1S/C13H13F3N2O/c14-13(15,16)12-4-3-10(6-9(12)7-17)18-5-1-2-11(19)8-18/h3-4,6,11,19H,1-2,5,8H2/t11-/m0/s1. The van der Waals surface area contributed by atoms with Gasteiger partial charge in [0, 0.05) is 18.8 Å². The number of alkyl halides is 3. The van der Waals surface area contributed by atoms with Crippen molar-refractivity contribution in [2.75, 3.05) is 18.0 Å². The summed E-state index contributed by atoms with van der Waals surface area (Å²) in [5.74, 6) is 0. The Labute approximate surface area is 108 Å². The zero-order valence-electron chi connectivity index (χ0n) is 10.1. The predicted octanol–water partition coefficient (Wildman–Crippen LogP) is 2.54.